The van der Waals surface area contributed by atoms with E-state index in [1.807, 2.05) is 0 Å². The van der Waals surface area contributed by atoms with E-state index in [9.17, 15) is 8.42 Å². The maximum atomic E-state index is 12.2. The largest absolute Gasteiger partial charge is 0.352 e. The Kier molecular flexibility index (Phi) is 3.82. The van der Waals surface area contributed by atoms with Crippen molar-refractivity contribution in [3.05, 3.63) is 36.3 Å². The third-order valence-electron chi connectivity index (χ3n) is 2.56. The maximum absolute atomic E-state index is 12.2. The summed E-state index contributed by atoms with van der Waals surface area (Å²) in [5.74, 6) is 0.196. The molecule has 2 aromatic heterocycles. The molecule has 0 saturated carbocycles. The molecule has 0 atom stereocenters. The van der Waals surface area contributed by atoms with Gasteiger partial charge in [-0.2, -0.15) is 5.10 Å². The topological polar surface area (TPSA) is 88.9 Å². The molecule has 0 aliphatic heterocycles. The molecule has 0 bridgehead atoms. The Bertz CT molecular complexity index is 651. The summed E-state index contributed by atoms with van der Waals surface area (Å²) in [4.78, 5) is 0.200. The van der Waals surface area contributed by atoms with E-state index in [1.165, 1.54) is 6.20 Å². The standard InChI is InChI=1S/C11H15N5O2S/c1-12-7-9-6-10(8-16(9)2)19(17,18)15-11-4-3-5-13-14-11/h3-6,8,12H,7H2,1-2H3,(H,14,15). The fourth-order valence-electron chi connectivity index (χ4n) is 1.63. The number of aryl methyl sites for hydroxylation is 1. The van der Waals surface area contributed by atoms with Gasteiger partial charge in [-0.05, 0) is 25.2 Å². The van der Waals surface area contributed by atoms with E-state index in [1.54, 1.807) is 43.1 Å². The first-order valence-electron chi connectivity index (χ1n) is 5.63. The van der Waals surface area contributed by atoms with E-state index in [2.05, 4.69) is 20.2 Å². The highest BCUT2D eigenvalue weighted by atomic mass is 32.2. The first kappa shape index (κ1) is 13.5. The summed E-state index contributed by atoms with van der Waals surface area (Å²) in [7, 11) is -0.0303. The van der Waals surface area contributed by atoms with Crippen molar-refractivity contribution in [2.45, 2.75) is 11.4 Å². The molecule has 0 spiro atoms. The van der Waals surface area contributed by atoms with Crippen molar-refractivity contribution in [2.24, 2.45) is 7.05 Å². The van der Waals surface area contributed by atoms with Crippen LogP contribution in [0.15, 0.2) is 35.5 Å². The number of nitrogens with zero attached hydrogens (tertiary/aromatic N) is 3. The van der Waals surface area contributed by atoms with Crippen molar-refractivity contribution in [3.63, 3.8) is 0 Å². The number of aromatic nitrogens is 3. The second-order valence-corrected chi connectivity index (χ2v) is 5.71. The summed E-state index contributed by atoms with van der Waals surface area (Å²) in [5.41, 5.74) is 0.877. The van der Waals surface area contributed by atoms with Gasteiger partial charge in [0.25, 0.3) is 10.0 Å². The minimum absolute atomic E-state index is 0.196. The normalized spacial score (nSPS) is 11.5. The number of hydrogen-bond acceptors (Lipinski definition) is 5. The van der Waals surface area contributed by atoms with Gasteiger partial charge in [-0.25, -0.2) is 8.42 Å². The average Bonchev–Trinajstić information content (AvgIpc) is 2.73. The van der Waals surface area contributed by atoms with E-state index < -0.39 is 10.0 Å². The Morgan fingerprint density at radius 1 is 1.42 bits per heavy atom. The van der Waals surface area contributed by atoms with Crippen LogP contribution < -0.4 is 10.0 Å². The van der Waals surface area contributed by atoms with Crippen LogP contribution >= 0.6 is 0 Å². The van der Waals surface area contributed by atoms with Gasteiger partial charge in [0.2, 0.25) is 0 Å². The number of nitrogens with one attached hydrogen (secondary N) is 2. The number of sulfonamides is 1. The highest BCUT2D eigenvalue weighted by Gasteiger charge is 2.18. The van der Waals surface area contributed by atoms with Crippen molar-refractivity contribution < 1.29 is 8.42 Å². The van der Waals surface area contributed by atoms with Crippen molar-refractivity contribution in [3.8, 4) is 0 Å². The number of hydrogen-bond donors (Lipinski definition) is 2. The lowest BCUT2D eigenvalue weighted by Gasteiger charge is -2.03. The van der Waals surface area contributed by atoms with E-state index in [4.69, 9.17) is 0 Å². The zero-order valence-electron chi connectivity index (χ0n) is 10.7. The molecule has 0 aliphatic rings. The molecule has 0 radical (unpaired) electrons. The summed E-state index contributed by atoms with van der Waals surface area (Å²) >= 11 is 0. The SMILES string of the molecule is CNCc1cc(S(=O)(=O)Nc2cccnn2)cn1C. The molecule has 19 heavy (non-hydrogen) atoms. The Morgan fingerprint density at radius 3 is 2.84 bits per heavy atom. The predicted molar refractivity (Wildman–Crippen MR) is 71.0 cm³/mol. The van der Waals surface area contributed by atoms with Gasteiger partial charge in [0.15, 0.2) is 5.82 Å². The fourth-order valence-corrected chi connectivity index (χ4v) is 2.72. The smallest absolute Gasteiger partial charge is 0.264 e. The molecule has 102 valence electrons. The minimum atomic E-state index is -3.63. The zero-order valence-corrected chi connectivity index (χ0v) is 11.5. The highest BCUT2D eigenvalue weighted by Crippen LogP contribution is 2.16. The van der Waals surface area contributed by atoms with Crippen LogP contribution in [0.1, 0.15) is 5.69 Å². The average molecular weight is 281 g/mol. The van der Waals surface area contributed by atoms with Gasteiger partial charge in [0.05, 0.1) is 0 Å². The molecule has 7 nitrogen and oxygen atoms in total. The van der Waals surface area contributed by atoms with Gasteiger partial charge in [-0.3, -0.25) is 4.72 Å². The lowest BCUT2D eigenvalue weighted by molar-refractivity contribution is 0.600. The molecule has 2 N–H and O–H groups in total. The van der Waals surface area contributed by atoms with E-state index in [0.29, 0.717) is 6.54 Å². The van der Waals surface area contributed by atoms with Gasteiger partial charge in [-0.1, -0.05) is 0 Å². The van der Waals surface area contributed by atoms with Crippen molar-refractivity contribution in [2.75, 3.05) is 11.8 Å². The molecule has 0 saturated heterocycles. The Hall–Kier alpha value is -1.93. The van der Waals surface area contributed by atoms with Crippen LogP contribution in [-0.2, 0) is 23.6 Å². The quantitative estimate of drug-likeness (QED) is 0.824. The first-order chi connectivity index (χ1) is 9.03. The van der Waals surface area contributed by atoms with Crippen molar-refractivity contribution in [1.82, 2.24) is 20.1 Å². The summed E-state index contributed by atoms with van der Waals surface area (Å²) < 4.78 is 28.5. The molecule has 0 fully saturated rings. The predicted octanol–water partition coefficient (Wildman–Crippen LogP) is 0.335. The van der Waals surface area contributed by atoms with E-state index in [0.717, 1.165) is 5.69 Å². The third-order valence-corrected chi connectivity index (χ3v) is 3.88. The molecule has 2 rings (SSSR count). The molecule has 2 aromatic rings. The maximum Gasteiger partial charge on any atom is 0.264 e. The Morgan fingerprint density at radius 2 is 2.21 bits per heavy atom. The minimum Gasteiger partial charge on any atom is -0.352 e. The van der Waals surface area contributed by atoms with Crippen molar-refractivity contribution in [1.29, 1.82) is 0 Å². The fraction of sp³-hybridized carbons (Fsp3) is 0.273. The van der Waals surface area contributed by atoms with Gasteiger partial charge < -0.3 is 9.88 Å². The third kappa shape index (κ3) is 3.09. The number of anilines is 1. The molecule has 2 heterocycles. The zero-order chi connectivity index (χ0) is 13.9. The van der Waals surface area contributed by atoms with Crippen LogP contribution in [0.3, 0.4) is 0 Å². The first-order valence-corrected chi connectivity index (χ1v) is 7.11. The van der Waals surface area contributed by atoms with Gasteiger partial charge in [-0.15, -0.1) is 5.10 Å². The van der Waals surface area contributed by atoms with Gasteiger partial charge in [0.1, 0.15) is 4.90 Å². The molecule has 0 aromatic carbocycles. The second kappa shape index (κ2) is 5.37. The molecule has 0 amide bonds. The van der Waals surface area contributed by atoms with Crippen LogP contribution in [0.5, 0.6) is 0 Å². The van der Waals surface area contributed by atoms with Crippen LogP contribution in [0, 0.1) is 0 Å². The van der Waals surface area contributed by atoms with Crippen LogP contribution in [0.25, 0.3) is 0 Å². The second-order valence-electron chi connectivity index (χ2n) is 4.02. The molecular weight excluding hydrogens is 266 g/mol. The molecular formula is C11H15N5O2S. The van der Waals surface area contributed by atoms with E-state index in [-0.39, 0.29) is 10.7 Å². The molecule has 0 unspecified atom stereocenters. The summed E-state index contributed by atoms with van der Waals surface area (Å²) in [5, 5.41) is 10.3. The number of rotatable bonds is 5. The van der Waals surface area contributed by atoms with Crippen LogP contribution in [0.2, 0.25) is 0 Å². The summed E-state index contributed by atoms with van der Waals surface area (Å²) in [6.07, 6.45) is 3.04. The van der Waals surface area contributed by atoms with Gasteiger partial charge in [0, 0.05) is 31.7 Å². The highest BCUT2D eigenvalue weighted by molar-refractivity contribution is 7.92. The Labute approximate surface area is 111 Å². The lowest BCUT2D eigenvalue weighted by Crippen LogP contribution is -2.13. The van der Waals surface area contributed by atoms with Crippen LogP contribution in [0.4, 0.5) is 5.82 Å². The van der Waals surface area contributed by atoms with Crippen molar-refractivity contribution >= 4 is 15.8 Å². The summed E-state index contributed by atoms with van der Waals surface area (Å²) in [6, 6.07) is 4.78. The molecule has 0 aliphatic carbocycles. The van der Waals surface area contributed by atoms with Crippen LogP contribution in [-0.4, -0.2) is 30.2 Å². The Balaban J connectivity index is 2.27. The molecule has 8 heteroatoms. The van der Waals surface area contributed by atoms with Gasteiger partial charge >= 0.3 is 0 Å². The lowest BCUT2D eigenvalue weighted by atomic mass is 10.4. The van der Waals surface area contributed by atoms with E-state index >= 15 is 0 Å². The monoisotopic (exact) mass is 281 g/mol. The summed E-state index contributed by atoms with van der Waals surface area (Å²) in [6.45, 7) is 0.594.